The van der Waals surface area contributed by atoms with Gasteiger partial charge in [0.05, 0.1) is 18.8 Å². The summed E-state index contributed by atoms with van der Waals surface area (Å²) in [5.74, 6) is 0. The van der Waals surface area contributed by atoms with E-state index in [4.69, 9.17) is 11.6 Å². The van der Waals surface area contributed by atoms with E-state index >= 15 is 0 Å². The Hall–Kier alpha value is -2.17. The van der Waals surface area contributed by atoms with E-state index in [1.54, 1.807) is 0 Å². The molecule has 3 aromatic rings. The molecule has 0 aliphatic carbocycles. The van der Waals surface area contributed by atoms with Gasteiger partial charge < -0.3 is 5.11 Å². The second-order valence-electron chi connectivity index (χ2n) is 5.14. The third-order valence-electron chi connectivity index (χ3n) is 3.60. The molecule has 1 heterocycles. The third kappa shape index (κ3) is 2.89. The summed E-state index contributed by atoms with van der Waals surface area (Å²) in [7, 11) is 0. The standard InChI is InChI=1S/C17H16ClN3O/c1-12-4-2-3-5-15(12)17-16(11-22)19-20-21(17)10-13-6-8-14(18)9-7-13/h2-9,22H,10-11H2,1H3. The van der Waals surface area contributed by atoms with Crippen molar-refractivity contribution in [1.29, 1.82) is 0 Å². The van der Waals surface area contributed by atoms with Crippen LogP contribution < -0.4 is 0 Å². The van der Waals surface area contributed by atoms with Crippen LogP contribution >= 0.6 is 11.6 Å². The predicted molar refractivity (Wildman–Crippen MR) is 86.7 cm³/mol. The Morgan fingerprint density at radius 2 is 1.82 bits per heavy atom. The number of aryl methyl sites for hydroxylation is 1. The van der Waals surface area contributed by atoms with Crippen LogP contribution in [-0.2, 0) is 13.2 Å². The second-order valence-corrected chi connectivity index (χ2v) is 5.58. The van der Waals surface area contributed by atoms with Crippen LogP contribution in [0.5, 0.6) is 0 Å². The maximum absolute atomic E-state index is 9.55. The van der Waals surface area contributed by atoms with Gasteiger partial charge in [-0.05, 0) is 30.2 Å². The second kappa shape index (κ2) is 6.30. The number of hydrogen-bond donors (Lipinski definition) is 1. The van der Waals surface area contributed by atoms with Gasteiger partial charge >= 0.3 is 0 Å². The number of rotatable bonds is 4. The largest absolute Gasteiger partial charge is 0.390 e. The van der Waals surface area contributed by atoms with E-state index in [-0.39, 0.29) is 6.61 Å². The average molecular weight is 314 g/mol. The summed E-state index contributed by atoms with van der Waals surface area (Å²) < 4.78 is 1.82. The Balaban J connectivity index is 2.04. The molecule has 0 radical (unpaired) electrons. The Morgan fingerprint density at radius 1 is 1.09 bits per heavy atom. The molecule has 4 nitrogen and oxygen atoms in total. The van der Waals surface area contributed by atoms with Gasteiger partial charge in [0.15, 0.2) is 0 Å². The van der Waals surface area contributed by atoms with Crippen molar-refractivity contribution in [3.63, 3.8) is 0 Å². The predicted octanol–water partition coefficient (Wildman–Crippen LogP) is 3.45. The van der Waals surface area contributed by atoms with Crippen LogP contribution in [0.15, 0.2) is 48.5 Å². The van der Waals surface area contributed by atoms with Gasteiger partial charge in [-0.25, -0.2) is 4.68 Å². The zero-order valence-electron chi connectivity index (χ0n) is 12.2. The first-order valence-corrected chi connectivity index (χ1v) is 7.40. The lowest BCUT2D eigenvalue weighted by Gasteiger charge is -2.10. The average Bonchev–Trinajstić information content (AvgIpc) is 2.93. The van der Waals surface area contributed by atoms with Gasteiger partial charge in [-0.15, -0.1) is 5.10 Å². The third-order valence-corrected chi connectivity index (χ3v) is 3.85. The molecule has 5 heteroatoms. The van der Waals surface area contributed by atoms with Crippen molar-refractivity contribution >= 4 is 11.6 Å². The molecule has 0 aliphatic rings. The zero-order chi connectivity index (χ0) is 15.5. The van der Waals surface area contributed by atoms with Crippen molar-refractivity contribution < 1.29 is 5.11 Å². The van der Waals surface area contributed by atoms with Crippen LogP contribution in [-0.4, -0.2) is 20.1 Å². The number of halogens is 1. The van der Waals surface area contributed by atoms with Crippen molar-refractivity contribution in [3.8, 4) is 11.3 Å². The van der Waals surface area contributed by atoms with Gasteiger partial charge in [0, 0.05) is 10.6 Å². The number of aromatic nitrogens is 3. The first-order chi connectivity index (χ1) is 10.7. The molecule has 0 atom stereocenters. The van der Waals surface area contributed by atoms with E-state index in [1.165, 1.54) is 0 Å². The molecule has 0 saturated carbocycles. The maximum Gasteiger partial charge on any atom is 0.116 e. The molecule has 0 aliphatic heterocycles. The Morgan fingerprint density at radius 3 is 2.50 bits per heavy atom. The maximum atomic E-state index is 9.55. The summed E-state index contributed by atoms with van der Waals surface area (Å²) >= 11 is 5.92. The minimum absolute atomic E-state index is 0.135. The molecule has 112 valence electrons. The highest BCUT2D eigenvalue weighted by Gasteiger charge is 2.16. The zero-order valence-corrected chi connectivity index (χ0v) is 13.0. The van der Waals surface area contributed by atoms with Crippen LogP contribution in [0.25, 0.3) is 11.3 Å². The molecule has 0 spiro atoms. The highest BCUT2D eigenvalue weighted by Crippen LogP contribution is 2.26. The minimum Gasteiger partial charge on any atom is -0.390 e. The van der Waals surface area contributed by atoms with Gasteiger partial charge in [-0.3, -0.25) is 0 Å². The molecule has 0 unspecified atom stereocenters. The highest BCUT2D eigenvalue weighted by atomic mass is 35.5. The van der Waals surface area contributed by atoms with Crippen molar-refractivity contribution in [1.82, 2.24) is 15.0 Å². The molecule has 3 rings (SSSR count). The van der Waals surface area contributed by atoms with E-state index < -0.39 is 0 Å². The van der Waals surface area contributed by atoms with Crippen molar-refractivity contribution in [3.05, 3.63) is 70.4 Å². The van der Waals surface area contributed by atoms with Crippen LogP contribution in [0.2, 0.25) is 5.02 Å². The fraction of sp³-hybridized carbons (Fsp3) is 0.176. The first kappa shape index (κ1) is 14.8. The van der Waals surface area contributed by atoms with Crippen LogP contribution in [0.1, 0.15) is 16.8 Å². The molecule has 22 heavy (non-hydrogen) atoms. The normalized spacial score (nSPS) is 10.9. The SMILES string of the molecule is Cc1ccccc1-c1c(CO)nnn1Cc1ccc(Cl)cc1. The van der Waals surface area contributed by atoms with Crippen LogP contribution in [0.3, 0.4) is 0 Å². The molecule has 0 amide bonds. The monoisotopic (exact) mass is 313 g/mol. The van der Waals surface area contributed by atoms with Crippen LogP contribution in [0, 0.1) is 6.92 Å². The lowest BCUT2D eigenvalue weighted by molar-refractivity contribution is 0.277. The number of benzene rings is 2. The summed E-state index contributed by atoms with van der Waals surface area (Å²) in [4.78, 5) is 0. The Bertz CT molecular complexity index is 781. The van der Waals surface area contributed by atoms with Gasteiger partial charge in [0.1, 0.15) is 5.69 Å². The summed E-state index contributed by atoms with van der Waals surface area (Å²) in [5, 5.41) is 18.6. The number of hydrogen-bond acceptors (Lipinski definition) is 3. The Kier molecular flexibility index (Phi) is 4.22. The molecular weight excluding hydrogens is 298 g/mol. The van der Waals surface area contributed by atoms with E-state index in [1.807, 2.05) is 60.1 Å². The first-order valence-electron chi connectivity index (χ1n) is 7.02. The number of aliphatic hydroxyl groups is 1. The molecular formula is C17H16ClN3O. The summed E-state index contributed by atoms with van der Waals surface area (Å²) in [6.07, 6.45) is 0. The fourth-order valence-corrected chi connectivity index (χ4v) is 2.59. The number of aliphatic hydroxyl groups excluding tert-OH is 1. The van der Waals surface area contributed by atoms with Gasteiger partial charge in [-0.1, -0.05) is 53.2 Å². The molecule has 0 bridgehead atoms. The Labute approximate surface area is 134 Å². The van der Waals surface area contributed by atoms with E-state index in [2.05, 4.69) is 10.3 Å². The summed E-state index contributed by atoms with van der Waals surface area (Å²) in [5.41, 5.74) is 4.68. The van der Waals surface area contributed by atoms with Crippen molar-refractivity contribution in [2.24, 2.45) is 0 Å². The topological polar surface area (TPSA) is 50.9 Å². The minimum atomic E-state index is -0.135. The van der Waals surface area contributed by atoms with Gasteiger partial charge in [-0.2, -0.15) is 0 Å². The van der Waals surface area contributed by atoms with E-state index in [9.17, 15) is 5.11 Å². The van der Waals surface area contributed by atoms with Crippen molar-refractivity contribution in [2.75, 3.05) is 0 Å². The van der Waals surface area contributed by atoms with E-state index in [0.29, 0.717) is 17.3 Å². The molecule has 0 fully saturated rings. The molecule has 2 aromatic carbocycles. The smallest absolute Gasteiger partial charge is 0.116 e. The van der Waals surface area contributed by atoms with E-state index in [0.717, 1.165) is 22.4 Å². The molecule has 0 saturated heterocycles. The summed E-state index contributed by atoms with van der Waals surface area (Å²) in [6, 6.07) is 15.7. The van der Waals surface area contributed by atoms with Gasteiger partial charge in [0.2, 0.25) is 0 Å². The van der Waals surface area contributed by atoms with Crippen molar-refractivity contribution in [2.45, 2.75) is 20.1 Å². The summed E-state index contributed by atoms with van der Waals surface area (Å²) in [6.45, 7) is 2.48. The molecule has 1 aromatic heterocycles. The quantitative estimate of drug-likeness (QED) is 0.802. The van der Waals surface area contributed by atoms with Crippen LogP contribution in [0.4, 0.5) is 0 Å². The lowest BCUT2D eigenvalue weighted by Crippen LogP contribution is -2.05. The fourth-order valence-electron chi connectivity index (χ4n) is 2.46. The highest BCUT2D eigenvalue weighted by molar-refractivity contribution is 6.30. The molecule has 1 N–H and O–H groups in total. The lowest BCUT2D eigenvalue weighted by atomic mass is 10.0. The number of nitrogens with zero attached hydrogens (tertiary/aromatic N) is 3. The van der Waals surface area contributed by atoms with Gasteiger partial charge in [0.25, 0.3) is 0 Å².